The fourth-order valence-corrected chi connectivity index (χ4v) is 1.05. The van der Waals surface area contributed by atoms with Crippen molar-refractivity contribution in [1.29, 1.82) is 0 Å². The van der Waals surface area contributed by atoms with Crippen LogP contribution in [-0.2, 0) is 0 Å². The molecule has 0 atom stereocenters. The summed E-state index contributed by atoms with van der Waals surface area (Å²) in [7, 11) is 0. The largest absolute Gasteiger partial charge is 0.293 e. The number of rotatable bonds is 1. The van der Waals surface area contributed by atoms with Crippen molar-refractivity contribution in [2.45, 2.75) is 6.92 Å². The topological polar surface area (TPSA) is 30.0 Å². The average molecular weight is 190 g/mol. The quantitative estimate of drug-likeness (QED) is 0.503. The van der Waals surface area contributed by atoms with Crippen molar-refractivity contribution in [3.05, 3.63) is 28.0 Å². The molecule has 0 fully saturated rings. The summed E-state index contributed by atoms with van der Waals surface area (Å²) in [6, 6.07) is 3.09. The van der Waals surface area contributed by atoms with Gasteiger partial charge in [-0.2, -0.15) is 0 Å². The van der Waals surface area contributed by atoms with Gasteiger partial charge in [-0.15, -0.1) is 0 Å². The molecule has 0 bridgehead atoms. The van der Waals surface area contributed by atoms with Gasteiger partial charge in [0, 0.05) is 6.92 Å². The molecule has 0 saturated heterocycles. The normalized spacial score (nSPS) is 9.73. The molecule has 4 heteroatoms. The molecule has 2 nitrogen and oxygen atoms in total. The van der Waals surface area contributed by atoms with Crippen LogP contribution in [0.4, 0.5) is 0 Å². The van der Waals surface area contributed by atoms with E-state index in [-0.39, 0.29) is 16.6 Å². The summed E-state index contributed by atoms with van der Waals surface area (Å²) in [4.78, 5) is 14.6. The lowest BCUT2D eigenvalue weighted by molar-refractivity contribution is 0.101. The molecular formula is C7H5Cl2NO. The van der Waals surface area contributed by atoms with Gasteiger partial charge in [-0.1, -0.05) is 23.2 Å². The summed E-state index contributed by atoms with van der Waals surface area (Å²) in [6.07, 6.45) is 0. The fourth-order valence-electron chi connectivity index (χ4n) is 0.665. The summed E-state index contributed by atoms with van der Waals surface area (Å²) < 4.78 is 0. The second-order valence-electron chi connectivity index (χ2n) is 2.02. The zero-order valence-electron chi connectivity index (χ0n) is 5.77. The minimum absolute atomic E-state index is 0.183. The maximum Gasteiger partial charge on any atom is 0.179 e. The van der Waals surface area contributed by atoms with Crippen LogP contribution in [0.5, 0.6) is 0 Å². The highest BCUT2D eigenvalue weighted by Gasteiger charge is 2.06. The van der Waals surface area contributed by atoms with Crippen LogP contribution >= 0.6 is 23.2 Å². The zero-order valence-corrected chi connectivity index (χ0v) is 7.28. The van der Waals surface area contributed by atoms with Gasteiger partial charge in [-0.05, 0) is 12.1 Å². The maximum atomic E-state index is 10.8. The lowest BCUT2D eigenvalue weighted by atomic mass is 10.3. The molecular weight excluding hydrogens is 185 g/mol. The van der Waals surface area contributed by atoms with E-state index in [4.69, 9.17) is 23.2 Å². The van der Waals surface area contributed by atoms with Crippen LogP contribution in [0, 0.1) is 0 Å². The Labute approximate surface area is 74.1 Å². The molecule has 0 saturated carbocycles. The molecule has 0 aliphatic rings. The van der Waals surface area contributed by atoms with Crippen molar-refractivity contribution < 1.29 is 4.79 Å². The number of ketones is 1. The van der Waals surface area contributed by atoms with Gasteiger partial charge in [0.25, 0.3) is 0 Å². The minimum Gasteiger partial charge on any atom is -0.293 e. The van der Waals surface area contributed by atoms with Gasteiger partial charge < -0.3 is 0 Å². The van der Waals surface area contributed by atoms with Gasteiger partial charge in [0.15, 0.2) is 5.78 Å². The number of aromatic nitrogens is 1. The summed E-state index contributed by atoms with van der Waals surface area (Å²) in [5, 5.41) is 0.613. The maximum absolute atomic E-state index is 10.8. The van der Waals surface area contributed by atoms with Crippen molar-refractivity contribution in [3.8, 4) is 0 Å². The van der Waals surface area contributed by atoms with Crippen LogP contribution < -0.4 is 0 Å². The Balaban J connectivity index is 3.23. The molecule has 0 amide bonds. The van der Waals surface area contributed by atoms with Crippen LogP contribution in [0.2, 0.25) is 10.2 Å². The summed E-state index contributed by atoms with van der Waals surface area (Å²) in [5.74, 6) is -0.183. The number of carbonyl (C=O) groups excluding carboxylic acids is 1. The second-order valence-corrected chi connectivity index (χ2v) is 2.82. The van der Waals surface area contributed by atoms with Crippen LogP contribution in [-0.4, -0.2) is 10.8 Å². The van der Waals surface area contributed by atoms with E-state index in [9.17, 15) is 4.79 Å². The first-order valence-corrected chi connectivity index (χ1v) is 3.70. The Morgan fingerprint density at radius 2 is 2.09 bits per heavy atom. The Bertz CT molecular complexity index is 298. The molecule has 1 heterocycles. The summed E-state index contributed by atoms with van der Waals surface area (Å²) in [6.45, 7) is 1.39. The zero-order chi connectivity index (χ0) is 8.43. The Hall–Kier alpha value is -0.600. The molecule has 58 valence electrons. The summed E-state index contributed by atoms with van der Waals surface area (Å²) in [5.41, 5.74) is 0.221. The first-order chi connectivity index (χ1) is 5.11. The van der Waals surface area contributed by atoms with E-state index >= 15 is 0 Å². The molecule has 0 radical (unpaired) electrons. The van der Waals surface area contributed by atoms with E-state index < -0.39 is 0 Å². The third kappa shape index (κ3) is 1.91. The van der Waals surface area contributed by atoms with Crippen LogP contribution in [0.25, 0.3) is 0 Å². The van der Waals surface area contributed by atoms with Gasteiger partial charge in [0.2, 0.25) is 0 Å². The molecule has 0 unspecified atom stereocenters. The standard InChI is InChI=1S/C7H5Cl2NO/c1-4(11)7-5(8)2-3-6(9)10-7/h2-3H,1H3. The smallest absolute Gasteiger partial charge is 0.179 e. The third-order valence-corrected chi connectivity index (χ3v) is 1.66. The van der Waals surface area contributed by atoms with Crippen LogP contribution in [0.15, 0.2) is 12.1 Å². The molecule has 11 heavy (non-hydrogen) atoms. The predicted octanol–water partition coefficient (Wildman–Crippen LogP) is 2.59. The highest BCUT2D eigenvalue weighted by molar-refractivity contribution is 6.34. The first-order valence-electron chi connectivity index (χ1n) is 2.94. The molecule has 0 aromatic carbocycles. The third-order valence-electron chi connectivity index (χ3n) is 1.15. The van der Waals surface area contributed by atoms with E-state index in [1.54, 1.807) is 6.07 Å². The molecule has 0 aliphatic carbocycles. The second kappa shape index (κ2) is 3.20. The number of pyridine rings is 1. The monoisotopic (exact) mass is 189 g/mol. The number of Topliss-reactive ketones (excluding diaryl/α,β-unsaturated/α-hetero) is 1. The predicted molar refractivity (Wildman–Crippen MR) is 44.3 cm³/mol. The van der Waals surface area contributed by atoms with Crippen molar-refractivity contribution >= 4 is 29.0 Å². The molecule has 0 spiro atoms. The number of halogens is 2. The Kier molecular flexibility index (Phi) is 2.47. The van der Waals surface area contributed by atoms with Gasteiger partial charge in [0.05, 0.1) is 5.02 Å². The van der Waals surface area contributed by atoms with Gasteiger partial charge in [-0.25, -0.2) is 4.98 Å². The van der Waals surface area contributed by atoms with Crippen molar-refractivity contribution in [1.82, 2.24) is 4.98 Å². The number of carbonyl (C=O) groups is 1. The molecule has 1 aromatic heterocycles. The molecule has 0 aliphatic heterocycles. The average Bonchev–Trinajstić information content (AvgIpc) is 1.94. The van der Waals surface area contributed by atoms with Crippen molar-refractivity contribution in [2.75, 3.05) is 0 Å². The van der Waals surface area contributed by atoms with Crippen molar-refractivity contribution in [3.63, 3.8) is 0 Å². The van der Waals surface area contributed by atoms with E-state index in [0.717, 1.165) is 0 Å². The molecule has 1 rings (SSSR count). The Morgan fingerprint density at radius 1 is 1.45 bits per heavy atom. The summed E-state index contributed by atoms with van der Waals surface area (Å²) >= 11 is 11.2. The van der Waals surface area contributed by atoms with Gasteiger partial charge in [-0.3, -0.25) is 4.79 Å². The van der Waals surface area contributed by atoms with E-state index in [2.05, 4.69) is 4.98 Å². The lowest BCUT2D eigenvalue weighted by Gasteiger charge is -1.97. The van der Waals surface area contributed by atoms with Gasteiger partial charge in [0.1, 0.15) is 10.8 Å². The fraction of sp³-hybridized carbons (Fsp3) is 0.143. The minimum atomic E-state index is -0.183. The first kappa shape index (κ1) is 8.50. The Morgan fingerprint density at radius 3 is 2.55 bits per heavy atom. The number of nitrogens with zero attached hydrogens (tertiary/aromatic N) is 1. The SMILES string of the molecule is CC(=O)c1nc(Cl)ccc1Cl. The number of hydrogen-bond donors (Lipinski definition) is 0. The molecule has 1 aromatic rings. The molecule has 0 N–H and O–H groups in total. The highest BCUT2D eigenvalue weighted by atomic mass is 35.5. The van der Waals surface area contributed by atoms with E-state index in [0.29, 0.717) is 5.02 Å². The lowest BCUT2D eigenvalue weighted by Crippen LogP contribution is -1.97. The van der Waals surface area contributed by atoms with Crippen molar-refractivity contribution in [2.24, 2.45) is 0 Å². The number of hydrogen-bond acceptors (Lipinski definition) is 2. The van der Waals surface area contributed by atoms with E-state index in [1.807, 2.05) is 0 Å². The van der Waals surface area contributed by atoms with Crippen LogP contribution in [0.3, 0.4) is 0 Å². The van der Waals surface area contributed by atoms with Gasteiger partial charge >= 0.3 is 0 Å². The highest BCUT2D eigenvalue weighted by Crippen LogP contribution is 2.16. The van der Waals surface area contributed by atoms with Crippen LogP contribution in [0.1, 0.15) is 17.4 Å². The van der Waals surface area contributed by atoms with E-state index in [1.165, 1.54) is 13.0 Å².